The normalized spacial score (nSPS) is 10.7. The Kier molecular flexibility index (Phi) is 3.98. The molecule has 3 heteroatoms. The Morgan fingerprint density at radius 3 is 2.25 bits per heavy atom. The summed E-state index contributed by atoms with van der Waals surface area (Å²) >= 11 is 0. The third kappa shape index (κ3) is 2.62. The largest absolute Gasteiger partial charge is 0.485 e. The molecule has 0 saturated heterocycles. The zero-order valence-electron chi connectivity index (χ0n) is 12.8. The molecule has 3 nitrogen and oxygen atoms in total. The van der Waals surface area contributed by atoms with E-state index < -0.39 is 0 Å². The van der Waals surface area contributed by atoms with E-state index >= 15 is 0 Å². The molecular weight excluding hydrogens is 250 g/mol. The Balaban J connectivity index is 2.15. The maximum atomic E-state index is 12.3. The lowest BCUT2D eigenvalue weighted by atomic mass is 10.1. The van der Waals surface area contributed by atoms with E-state index in [1.807, 2.05) is 63.6 Å². The van der Waals surface area contributed by atoms with Gasteiger partial charge in [-0.2, -0.15) is 0 Å². The highest BCUT2D eigenvalue weighted by molar-refractivity contribution is 5.98. The van der Waals surface area contributed by atoms with Crippen LogP contribution in [0.15, 0.2) is 24.3 Å². The number of hydrogen-bond acceptors (Lipinski definition) is 2. The third-order valence-electron chi connectivity index (χ3n) is 3.83. The van der Waals surface area contributed by atoms with Gasteiger partial charge in [-0.15, -0.1) is 0 Å². The van der Waals surface area contributed by atoms with Crippen LogP contribution >= 0.6 is 0 Å². The first-order chi connectivity index (χ1) is 9.41. The van der Waals surface area contributed by atoms with Crippen molar-refractivity contribution in [2.24, 2.45) is 7.05 Å². The second kappa shape index (κ2) is 5.53. The molecule has 1 heterocycles. The van der Waals surface area contributed by atoms with Gasteiger partial charge in [0, 0.05) is 24.0 Å². The monoisotopic (exact) mass is 271 g/mol. The standard InChI is InChI=1S/C17H21NO2/c1-11-7-6-8-12(2)17(11)20-10-16(19)15-9-13(3)18(5)14(15)4/h6-9H,10H2,1-5H3. The number of carbonyl (C=O) groups is 1. The number of carbonyl (C=O) groups excluding carboxylic acids is 1. The molecule has 0 bridgehead atoms. The highest BCUT2D eigenvalue weighted by Gasteiger charge is 2.15. The molecule has 0 aliphatic heterocycles. The number of aromatic nitrogens is 1. The van der Waals surface area contributed by atoms with Gasteiger partial charge < -0.3 is 9.30 Å². The quantitative estimate of drug-likeness (QED) is 0.797. The molecule has 0 radical (unpaired) electrons. The smallest absolute Gasteiger partial charge is 0.202 e. The van der Waals surface area contributed by atoms with Crippen molar-refractivity contribution >= 4 is 5.78 Å². The van der Waals surface area contributed by atoms with Crippen molar-refractivity contribution in [3.8, 4) is 5.75 Å². The molecule has 0 spiro atoms. The van der Waals surface area contributed by atoms with Crippen LogP contribution in [0.3, 0.4) is 0 Å². The number of Topliss-reactive ketones (excluding diaryl/α,β-unsaturated/α-hetero) is 1. The van der Waals surface area contributed by atoms with E-state index in [2.05, 4.69) is 0 Å². The van der Waals surface area contributed by atoms with Crippen LogP contribution in [0.4, 0.5) is 0 Å². The lowest BCUT2D eigenvalue weighted by molar-refractivity contribution is 0.0920. The third-order valence-corrected chi connectivity index (χ3v) is 3.83. The van der Waals surface area contributed by atoms with E-state index in [-0.39, 0.29) is 12.4 Å². The number of nitrogens with zero attached hydrogens (tertiary/aromatic N) is 1. The van der Waals surface area contributed by atoms with Gasteiger partial charge in [0.15, 0.2) is 6.61 Å². The van der Waals surface area contributed by atoms with Gasteiger partial charge in [0.1, 0.15) is 5.75 Å². The molecule has 106 valence electrons. The summed E-state index contributed by atoms with van der Waals surface area (Å²) in [5.41, 5.74) is 4.92. The first-order valence-corrected chi connectivity index (χ1v) is 6.77. The first-order valence-electron chi connectivity index (χ1n) is 6.77. The number of ether oxygens (including phenoxy) is 1. The van der Waals surface area contributed by atoms with Crippen LogP contribution in [0.25, 0.3) is 0 Å². The van der Waals surface area contributed by atoms with Gasteiger partial charge in [-0.05, 0) is 44.9 Å². The van der Waals surface area contributed by atoms with E-state index in [1.54, 1.807) is 0 Å². The fourth-order valence-corrected chi connectivity index (χ4v) is 2.38. The van der Waals surface area contributed by atoms with Gasteiger partial charge in [0.2, 0.25) is 5.78 Å². The van der Waals surface area contributed by atoms with Crippen LogP contribution in [-0.2, 0) is 7.05 Å². The van der Waals surface area contributed by atoms with Crippen molar-refractivity contribution in [2.45, 2.75) is 27.7 Å². The Morgan fingerprint density at radius 2 is 1.75 bits per heavy atom. The van der Waals surface area contributed by atoms with E-state index in [0.29, 0.717) is 0 Å². The minimum Gasteiger partial charge on any atom is -0.485 e. The molecule has 1 aromatic carbocycles. The van der Waals surface area contributed by atoms with Gasteiger partial charge in [-0.25, -0.2) is 0 Å². The number of aryl methyl sites for hydroxylation is 3. The molecule has 0 N–H and O–H groups in total. The summed E-state index contributed by atoms with van der Waals surface area (Å²) in [7, 11) is 1.97. The minimum absolute atomic E-state index is 0.0221. The predicted molar refractivity (Wildman–Crippen MR) is 80.6 cm³/mol. The Bertz CT molecular complexity index is 633. The average Bonchev–Trinajstić information content (AvgIpc) is 2.66. The summed E-state index contributed by atoms with van der Waals surface area (Å²) in [6, 6.07) is 7.89. The van der Waals surface area contributed by atoms with E-state index in [9.17, 15) is 4.79 Å². The lowest BCUT2D eigenvalue weighted by Gasteiger charge is -2.11. The van der Waals surface area contributed by atoms with Crippen LogP contribution in [0.5, 0.6) is 5.75 Å². The predicted octanol–water partition coefficient (Wildman–Crippen LogP) is 3.52. The van der Waals surface area contributed by atoms with Crippen LogP contribution < -0.4 is 4.74 Å². The maximum absolute atomic E-state index is 12.3. The molecule has 0 fully saturated rings. The summed E-state index contributed by atoms with van der Waals surface area (Å²) in [6.45, 7) is 8.01. The highest BCUT2D eigenvalue weighted by atomic mass is 16.5. The van der Waals surface area contributed by atoms with Crippen LogP contribution in [0.2, 0.25) is 0 Å². The first kappa shape index (κ1) is 14.4. The second-order valence-corrected chi connectivity index (χ2v) is 5.28. The number of benzene rings is 1. The topological polar surface area (TPSA) is 31.2 Å². The SMILES string of the molecule is Cc1cccc(C)c1OCC(=O)c1cc(C)n(C)c1C. The van der Waals surface area contributed by atoms with Crippen LogP contribution in [0.1, 0.15) is 32.9 Å². The molecule has 0 amide bonds. The van der Waals surface area contributed by atoms with Gasteiger partial charge in [-0.3, -0.25) is 4.79 Å². The van der Waals surface area contributed by atoms with Crippen molar-refractivity contribution in [1.29, 1.82) is 0 Å². The summed E-state index contributed by atoms with van der Waals surface area (Å²) in [4.78, 5) is 12.3. The molecule has 0 atom stereocenters. The molecule has 2 aromatic rings. The van der Waals surface area contributed by atoms with Crippen LogP contribution in [-0.4, -0.2) is 17.0 Å². The Labute approximate surface area is 120 Å². The van der Waals surface area contributed by atoms with E-state index in [1.165, 1.54) is 0 Å². The Morgan fingerprint density at radius 1 is 1.15 bits per heavy atom. The second-order valence-electron chi connectivity index (χ2n) is 5.28. The number of rotatable bonds is 4. The molecule has 0 saturated carbocycles. The van der Waals surface area contributed by atoms with Crippen LogP contribution in [0, 0.1) is 27.7 Å². The zero-order valence-corrected chi connectivity index (χ0v) is 12.8. The molecule has 0 unspecified atom stereocenters. The van der Waals surface area contributed by atoms with Gasteiger partial charge in [-0.1, -0.05) is 18.2 Å². The average molecular weight is 271 g/mol. The number of ketones is 1. The molecule has 2 rings (SSSR count). The zero-order chi connectivity index (χ0) is 14.9. The molecule has 1 aromatic heterocycles. The number of hydrogen-bond donors (Lipinski definition) is 0. The van der Waals surface area contributed by atoms with Gasteiger partial charge in [0.05, 0.1) is 0 Å². The van der Waals surface area contributed by atoms with E-state index in [0.717, 1.165) is 33.8 Å². The molecular formula is C17H21NO2. The summed E-state index contributed by atoms with van der Waals surface area (Å²) < 4.78 is 7.75. The fraction of sp³-hybridized carbons (Fsp3) is 0.353. The summed E-state index contributed by atoms with van der Waals surface area (Å²) in [5.74, 6) is 0.833. The molecule has 20 heavy (non-hydrogen) atoms. The molecule has 0 aliphatic rings. The van der Waals surface area contributed by atoms with Crippen molar-refractivity contribution < 1.29 is 9.53 Å². The van der Waals surface area contributed by atoms with Gasteiger partial charge >= 0.3 is 0 Å². The fourth-order valence-electron chi connectivity index (χ4n) is 2.38. The van der Waals surface area contributed by atoms with Crippen molar-refractivity contribution in [2.75, 3.05) is 6.61 Å². The lowest BCUT2D eigenvalue weighted by Crippen LogP contribution is -2.13. The highest BCUT2D eigenvalue weighted by Crippen LogP contribution is 2.23. The molecule has 0 aliphatic carbocycles. The van der Waals surface area contributed by atoms with Gasteiger partial charge in [0.25, 0.3) is 0 Å². The summed E-state index contributed by atoms with van der Waals surface area (Å²) in [5, 5.41) is 0. The van der Waals surface area contributed by atoms with Crippen molar-refractivity contribution in [1.82, 2.24) is 4.57 Å². The maximum Gasteiger partial charge on any atom is 0.202 e. The van der Waals surface area contributed by atoms with E-state index in [4.69, 9.17) is 4.74 Å². The van der Waals surface area contributed by atoms with Crippen molar-refractivity contribution in [3.63, 3.8) is 0 Å². The number of para-hydroxylation sites is 1. The van der Waals surface area contributed by atoms with Crippen molar-refractivity contribution in [3.05, 3.63) is 52.3 Å². The minimum atomic E-state index is 0.0221. The Hall–Kier alpha value is -2.03. The summed E-state index contributed by atoms with van der Waals surface area (Å²) in [6.07, 6.45) is 0.